The molecule has 0 spiro atoms. The molecule has 0 saturated carbocycles. The van der Waals surface area contributed by atoms with Crippen molar-refractivity contribution >= 4 is 0 Å². The van der Waals surface area contributed by atoms with E-state index < -0.39 is 0 Å². The van der Waals surface area contributed by atoms with Crippen LogP contribution in [0.2, 0.25) is 0 Å². The van der Waals surface area contributed by atoms with Crippen molar-refractivity contribution in [2.75, 3.05) is 6.54 Å². The molecule has 1 atom stereocenters. The molecular weight excluding hydrogens is 254 g/mol. The Labute approximate surface area is 117 Å². The van der Waals surface area contributed by atoms with Gasteiger partial charge in [-0.2, -0.15) is 0 Å². The van der Waals surface area contributed by atoms with Crippen molar-refractivity contribution in [1.82, 2.24) is 25.1 Å². The van der Waals surface area contributed by atoms with E-state index in [-0.39, 0.29) is 17.0 Å². The molecule has 1 unspecified atom stereocenters. The zero-order valence-electron chi connectivity index (χ0n) is 12.0. The highest BCUT2D eigenvalue weighted by atomic mass is 16.1. The zero-order chi connectivity index (χ0) is 14.3. The number of hydrogen-bond acceptors (Lipinski definition) is 4. The number of aromatic nitrogens is 4. The third-order valence-electron chi connectivity index (χ3n) is 3.63. The molecule has 1 aliphatic heterocycles. The predicted molar refractivity (Wildman–Crippen MR) is 76.3 cm³/mol. The molecular formula is C14H19N5O. The molecule has 2 aromatic rings. The van der Waals surface area contributed by atoms with Crippen LogP contribution in [0.3, 0.4) is 0 Å². The van der Waals surface area contributed by atoms with Gasteiger partial charge >= 0.3 is 0 Å². The van der Waals surface area contributed by atoms with Gasteiger partial charge in [-0.05, 0) is 11.5 Å². The van der Waals surface area contributed by atoms with Gasteiger partial charge in [0.15, 0.2) is 11.6 Å². The second-order valence-corrected chi connectivity index (χ2v) is 6.23. The van der Waals surface area contributed by atoms with Gasteiger partial charge in [-0.15, -0.1) is 10.2 Å². The van der Waals surface area contributed by atoms with Crippen molar-refractivity contribution < 1.29 is 0 Å². The fourth-order valence-corrected chi connectivity index (χ4v) is 2.62. The van der Waals surface area contributed by atoms with Crippen molar-refractivity contribution in [2.45, 2.75) is 33.4 Å². The van der Waals surface area contributed by atoms with E-state index in [0.29, 0.717) is 0 Å². The van der Waals surface area contributed by atoms with Gasteiger partial charge in [0.25, 0.3) is 0 Å². The van der Waals surface area contributed by atoms with Crippen LogP contribution in [0, 0.1) is 5.41 Å². The van der Waals surface area contributed by atoms with Crippen LogP contribution < -0.4 is 10.9 Å². The van der Waals surface area contributed by atoms with E-state index in [1.54, 1.807) is 12.3 Å². The molecule has 20 heavy (non-hydrogen) atoms. The van der Waals surface area contributed by atoms with Crippen LogP contribution in [0.15, 0.2) is 23.1 Å². The summed E-state index contributed by atoms with van der Waals surface area (Å²) >= 11 is 0. The average Bonchev–Trinajstić information content (AvgIpc) is 2.82. The Morgan fingerprint density at radius 1 is 1.30 bits per heavy atom. The molecule has 6 nitrogen and oxygen atoms in total. The number of H-pyrrole nitrogens is 1. The molecule has 2 aromatic heterocycles. The van der Waals surface area contributed by atoms with Crippen LogP contribution in [0.1, 0.15) is 32.6 Å². The summed E-state index contributed by atoms with van der Waals surface area (Å²) < 4.78 is 2.14. The summed E-state index contributed by atoms with van der Waals surface area (Å²) in [4.78, 5) is 13.8. The summed E-state index contributed by atoms with van der Waals surface area (Å²) in [6.45, 7) is 8.30. The third kappa shape index (κ3) is 2.16. The summed E-state index contributed by atoms with van der Waals surface area (Å²) in [5.41, 5.74) is 0.854. The van der Waals surface area contributed by atoms with Crippen LogP contribution >= 0.6 is 0 Å². The van der Waals surface area contributed by atoms with Crippen molar-refractivity contribution in [3.8, 4) is 11.4 Å². The van der Waals surface area contributed by atoms with Gasteiger partial charge in [0, 0.05) is 30.9 Å². The molecule has 0 fully saturated rings. The van der Waals surface area contributed by atoms with Crippen LogP contribution in [-0.4, -0.2) is 26.3 Å². The van der Waals surface area contributed by atoms with Gasteiger partial charge in [0.1, 0.15) is 0 Å². The first-order valence-corrected chi connectivity index (χ1v) is 6.82. The lowest BCUT2D eigenvalue weighted by molar-refractivity contribution is 0.234. The normalized spacial score (nSPS) is 18.9. The maximum Gasteiger partial charge on any atom is 0.247 e. The molecule has 0 radical (unpaired) electrons. The summed E-state index contributed by atoms with van der Waals surface area (Å²) in [5.74, 6) is 1.77. The van der Waals surface area contributed by atoms with Gasteiger partial charge in [0.05, 0.1) is 6.04 Å². The Morgan fingerprint density at radius 2 is 2.10 bits per heavy atom. The lowest BCUT2D eigenvalue weighted by Crippen LogP contribution is -2.40. The maximum atomic E-state index is 11.2. The van der Waals surface area contributed by atoms with Gasteiger partial charge < -0.3 is 14.9 Å². The number of aromatic amines is 1. The Kier molecular flexibility index (Phi) is 2.97. The fourth-order valence-electron chi connectivity index (χ4n) is 2.62. The summed E-state index contributed by atoms with van der Waals surface area (Å²) in [6, 6.07) is 3.48. The standard InChI is InChI=1S/C14H19N5O/c1-14(2,3)11-13-18-17-12(19(13)7-6-15-11)9-4-5-10(20)16-8-9/h4-5,8,11,15H,6-7H2,1-3H3,(H,16,20). The van der Waals surface area contributed by atoms with Crippen molar-refractivity contribution in [2.24, 2.45) is 5.41 Å². The highest BCUT2D eigenvalue weighted by Gasteiger charge is 2.33. The Morgan fingerprint density at radius 3 is 2.75 bits per heavy atom. The van der Waals surface area contributed by atoms with E-state index in [4.69, 9.17) is 0 Å². The van der Waals surface area contributed by atoms with Gasteiger partial charge in [-0.25, -0.2) is 0 Å². The minimum Gasteiger partial charge on any atom is -0.328 e. The number of nitrogens with one attached hydrogen (secondary N) is 2. The van der Waals surface area contributed by atoms with Crippen molar-refractivity contribution in [1.29, 1.82) is 0 Å². The zero-order valence-corrected chi connectivity index (χ0v) is 12.0. The second kappa shape index (κ2) is 4.56. The molecule has 1 aliphatic rings. The maximum absolute atomic E-state index is 11.2. The molecule has 0 aromatic carbocycles. The van der Waals surface area contributed by atoms with E-state index in [2.05, 4.69) is 45.8 Å². The van der Waals surface area contributed by atoms with Crippen molar-refractivity contribution in [3.63, 3.8) is 0 Å². The number of pyridine rings is 1. The topological polar surface area (TPSA) is 75.6 Å². The molecule has 0 saturated heterocycles. The summed E-state index contributed by atoms with van der Waals surface area (Å²) in [5, 5.41) is 12.2. The molecule has 0 bridgehead atoms. The molecule has 2 N–H and O–H groups in total. The van der Waals surface area contributed by atoms with E-state index >= 15 is 0 Å². The lowest BCUT2D eigenvalue weighted by Gasteiger charge is -2.34. The first-order valence-electron chi connectivity index (χ1n) is 6.82. The monoisotopic (exact) mass is 273 g/mol. The van der Waals surface area contributed by atoms with E-state index in [1.807, 2.05) is 0 Å². The number of hydrogen-bond donors (Lipinski definition) is 2. The predicted octanol–water partition coefficient (Wildman–Crippen LogP) is 1.32. The van der Waals surface area contributed by atoms with Crippen LogP contribution in [0.5, 0.6) is 0 Å². The first kappa shape index (κ1) is 13.1. The minimum atomic E-state index is -0.110. The van der Waals surface area contributed by atoms with Gasteiger partial charge in [-0.3, -0.25) is 4.79 Å². The van der Waals surface area contributed by atoms with Crippen LogP contribution in [0.25, 0.3) is 11.4 Å². The van der Waals surface area contributed by atoms with E-state index in [9.17, 15) is 4.79 Å². The van der Waals surface area contributed by atoms with Gasteiger partial charge in [-0.1, -0.05) is 20.8 Å². The smallest absolute Gasteiger partial charge is 0.247 e. The minimum absolute atomic E-state index is 0.0769. The molecule has 0 aliphatic carbocycles. The summed E-state index contributed by atoms with van der Waals surface area (Å²) in [6.07, 6.45) is 1.69. The Bertz CT molecular complexity index is 659. The van der Waals surface area contributed by atoms with Crippen molar-refractivity contribution in [3.05, 3.63) is 34.5 Å². The van der Waals surface area contributed by atoms with Crippen LogP contribution in [-0.2, 0) is 6.54 Å². The van der Waals surface area contributed by atoms with Gasteiger partial charge in [0.2, 0.25) is 5.56 Å². The lowest BCUT2D eigenvalue weighted by atomic mass is 9.85. The Hall–Kier alpha value is -1.95. The third-order valence-corrected chi connectivity index (χ3v) is 3.63. The number of nitrogens with zero attached hydrogens (tertiary/aromatic N) is 3. The average molecular weight is 273 g/mol. The first-order chi connectivity index (χ1) is 9.47. The second-order valence-electron chi connectivity index (χ2n) is 6.23. The quantitative estimate of drug-likeness (QED) is 0.821. The number of rotatable bonds is 1. The van der Waals surface area contributed by atoms with E-state index in [0.717, 1.165) is 30.3 Å². The van der Waals surface area contributed by atoms with Crippen LogP contribution in [0.4, 0.5) is 0 Å². The SMILES string of the molecule is CC(C)(C)C1NCCn2c(-c3ccc(=O)[nH]c3)nnc21. The molecule has 6 heteroatoms. The molecule has 3 heterocycles. The van der Waals surface area contributed by atoms with E-state index in [1.165, 1.54) is 6.07 Å². The molecule has 0 amide bonds. The Balaban J connectivity index is 2.07. The molecule has 3 rings (SSSR count). The summed E-state index contributed by atoms with van der Waals surface area (Å²) in [7, 11) is 0. The molecule has 106 valence electrons. The fraction of sp³-hybridized carbons (Fsp3) is 0.500. The number of fused-ring (bicyclic) bond motifs is 1. The largest absolute Gasteiger partial charge is 0.328 e. The highest BCUT2D eigenvalue weighted by molar-refractivity contribution is 5.53. The highest BCUT2D eigenvalue weighted by Crippen LogP contribution is 2.34.